The summed E-state index contributed by atoms with van der Waals surface area (Å²) >= 11 is 2.55. The quantitative estimate of drug-likeness (QED) is 0.615. The van der Waals surface area contributed by atoms with Crippen LogP contribution in [0.4, 0.5) is 11.4 Å². The maximum absolute atomic E-state index is 12.8. The number of allylic oxidation sites excluding steroid dienone is 1. The molecule has 2 aliphatic rings. The lowest BCUT2D eigenvalue weighted by Crippen LogP contribution is -2.49. The molecule has 0 amide bonds. The first kappa shape index (κ1) is 21.3. The third-order valence-electron chi connectivity index (χ3n) is 4.71. The predicted octanol–water partition coefficient (Wildman–Crippen LogP) is 4.39. The highest BCUT2D eigenvalue weighted by Crippen LogP contribution is 2.60. The van der Waals surface area contributed by atoms with Gasteiger partial charge >= 0.3 is 11.9 Å². The van der Waals surface area contributed by atoms with E-state index in [-0.39, 0.29) is 11.7 Å². The molecule has 1 spiro atoms. The highest BCUT2D eigenvalue weighted by Gasteiger charge is 2.58. The number of esters is 2. The molecule has 2 aromatic carbocycles. The summed E-state index contributed by atoms with van der Waals surface area (Å²) in [4.78, 5) is 27.7. The fourth-order valence-electron chi connectivity index (χ4n) is 3.39. The van der Waals surface area contributed by atoms with Gasteiger partial charge in [-0.15, -0.1) is 0 Å². The van der Waals surface area contributed by atoms with Crippen LogP contribution in [0.5, 0.6) is 0 Å². The van der Waals surface area contributed by atoms with Gasteiger partial charge in [0.25, 0.3) is 0 Å². The molecule has 0 saturated heterocycles. The van der Waals surface area contributed by atoms with Gasteiger partial charge in [-0.25, -0.2) is 14.6 Å². The number of ether oxygens (including phenoxy) is 2. The van der Waals surface area contributed by atoms with E-state index in [1.165, 1.54) is 30.6 Å². The number of hydrogen-bond donors (Lipinski definition) is 0. The summed E-state index contributed by atoms with van der Waals surface area (Å²) in [6.07, 6.45) is 0. The number of carbonyl (C=O) groups excluding carboxylic acids is 2. The Hall–Kier alpha value is -2.91. The molecule has 9 heteroatoms. The SMILES string of the molecule is CCOC(=O)C1=C(C)N(c2ccccc2)[C@]2(SC(C(=O)OC)=NN2c2ccccc2)S1. The van der Waals surface area contributed by atoms with E-state index in [4.69, 9.17) is 9.47 Å². The monoisotopic (exact) mass is 455 g/mol. The third kappa shape index (κ3) is 3.68. The van der Waals surface area contributed by atoms with Gasteiger partial charge < -0.3 is 14.4 Å². The van der Waals surface area contributed by atoms with E-state index in [2.05, 4.69) is 5.10 Å². The van der Waals surface area contributed by atoms with Crippen molar-refractivity contribution in [2.75, 3.05) is 23.6 Å². The maximum Gasteiger partial charge on any atom is 0.365 e. The van der Waals surface area contributed by atoms with Gasteiger partial charge in [-0.3, -0.25) is 0 Å². The molecule has 0 aromatic heterocycles. The zero-order chi connectivity index (χ0) is 22.0. The van der Waals surface area contributed by atoms with Crippen LogP contribution in [0.1, 0.15) is 13.8 Å². The van der Waals surface area contributed by atoms with Gasteiger partial charge in [-0.1, -0.05) is 48.2 Å². The second-order valence-corrected chi connectivity index (χ2v) is 9.20. The van der Waals surface area contributed by atoms with Gasteiger partial charge in [-0.05, 0) is 49.9 Å². The molecule has 2 aromatic rings. The van der Waals surface area contributed by atoms with Gasteiger partial charge in [0.2, 0.25) is 9.37 Å². The summed E-state index contributed by atoms with van der Waals surface area (Å²) in [5, 5.41) is 6.58. The lowest BCUT2D eigenvalue weighted by atomic mass is 10.2. The molecule has 7 nitrogen and oxygen atoms in total. The van der Waals surface area contributed by atoms with Crippen molar-refractivity contribution >= 4 is 51.9 Å². The van der Waals surface area contributed by atoms with E-state index in [9.17, 15) is 9.59 Å². The largest absolute Gasteiger partial charge is 0.464 e. The smallest absolute Gasteiger partial charge is 0.365 e. The third-order valence-corrected chi connectivity index (χ3v) is 7.56. The van der Waals surface area contributed by atoms with Crippen molar-refractivity contribution < 1.29 is 19.1 Å². The Kier molecular flexibility index (Phi) is 5.97. The zero-order valence-electron chi connectivity index (χ0n) is 17.3. The van der Waals surface area contributed by atoms with Crippen LogP contribution in [0.2, 0.25) is 0 Å². The molecular weight excluding hydrogens is 434 g/mol. The van der Waals surface area contributed by atoms with E-state index in [1.807, 2.05) is 72.5 Å². The molecule has 0 radical (unpaired) electrons. The summed E-state index contributed by atoms with van der Waals surface area (Å²) in [5.41, 5.74) is 2.37. The van der Waals surface area contributed by atoms with Gasteiger partial charge in [0.15, 0.2) is 0 Å². The molecule has 0 aliphatic carbocycles. The van der Waals surface area contributed by atoms with Crippen LogP contribution in [0.25, 0.3) is 0 Å². The maximum atomic E-state index is 12.8. The number of anilines is 2. The van der Waals surface area contributed by atoms with E-state index in [0.29, 0.717) is 4.91 Å². The van der Waals surface area contributed by atoms with Crippen molar-refractivity contribution in [1.29, 1.82) is 0 Å². The second kappa shape index (κ2) is 8.68. The minimum absolute atomic E-state index is 0.206. The van der Waals surface area contributed by atoms with Crippen molar-refractivity contribution in [3.8, 4) is 0 Å². The summed E-state index contributed by atoms with van der Waals surface area (Å²) in [7, 11) is 1.33. The highest BCUT2D eigenvalue weighted by atomic mass is 32.2. The number of carbonyl (C=O) groups is 2. The second-order valence-electron chi connectivity index (χ2n) is 6.60. The van der Waals surface area contributed by atoms with Crippen LogP contribution in [-0.2, 0) is 19.1 Å². The highest BCUT2D eigenvalue weighted by molar-refractivity contribution is 8.29. The van der Waals surface area contributed by atoms with E-state index < -0.39 is 16.3 Å². The fourth-order valence-corrected chi connectivity index (χ4v) is 6.37. The lowest BCUT2D eigenvalue weighted by molar-refractivity contribution is -0.137. The molecular formula is C22H21N3O4S2. The van der Waals surface area contributed by atoms with Crippen molar-refractivity contribution in [2.45, 2.75) is 18.2 Å². The Labute approximate surface area is 189 Å². The first-order valence-electron chi connectivity index (χ1n) is 9.65. The van der Waals surface area contributed by atoms with Crippen molar-refractivity contribution in [3.05, 3.63) is 71.3 Å². The molecule has 1 atom stereocenters. The van der Waals surface area contributed by atoms with Crippen molar-refractivity contribution in [2.24, 2.45) is 5.10 Å². The van der Waals surface area contributed by atoms with E-state index >= 15 is 0 Å². The first-order valence-corrected chi connectivity index (χ1v) is 11.3. The van der Waals surface area contributed by atoms with Crippen LogP contribution < -0.4 is 9.91 Å². The summed E-state index contributed by atoms with van der Waals surface area (Å²) < 4.78 is 9.30. The molecule has 31 heavy (non-hydrogen) atoms. The minimum Gasteiger partial charge on any atom is -0.464 e. The fraction of sp³-hybridized carbons (Fsp3) is 0.227. The average Bonchev–Trinajstić information content (AvgIpc) is 3.32. The lowest BCUT2D eigenvalue weighted by Gasteiger charge is -2.41. The molecule has 0 unspecified atom stereocenters. The number of hydrazone groups is 1. The number of hydrogen-bond acceptors (Lipinski definition) is 9. The predicted molar refractivity (Wildman–Crippen MR) is 125 cm³/mol. The Morgan fingerprint density at radius 3 is 2.16 bits per heavy atom. The standard InChI is InChI=1S/C22H21N3O4S2/c1-4-29-20(26)18-15(2)24(16-11-7-5-8-12-16)22(30-18)25(17-13-9-6-10-14-17)23-19(31-22)21(27)28-3/h5-14H,4H2,1-3H3/t22-/m1/s1. The number of nitrogens with zero attached hydrogens (tertiary/aromatic N) is 3. The summed E-state index contributed by atoms with van der Waals surface area (Å²) in [5.74, 6) is -0.929. The molecule has 0 N–H and O–H groups in total. The van der Waals surface area contributed by atoms with Crippen LogP contribution in [0.15, 0.2) is 76.4 Å². The Bertz CT molecular complexity index is 1060. The number of rotatable bonds is 5. The number of methoxy groups -OCH3 is 1. The Balaban J connectivity index is 1.89. The normalized spacial score (nSPS) is 20.3. The van der Waals surface area contributed by atoms with Crippen LogP contribution in [-0.4, -0.2) is 35.0 Å². The molecule has 0 fully saturated rings. The van der Waals surface area contributed by atoms with E-state index in [1.54, 1.807) is 11.9 Å². The molecule has 0 bridgehead atoms. The van der Waals surface area contributed by atoms with Crippen LogP contribution >= 0.6 is 23.5 Å². The van der Waals surface area contributed by atoms with Crippen molar-refractivity contribution in [1.82, 2.24) is 0 Å². The number of para-hydroxylation sites is 2. The van der Waals surface area contributed by atoms with Crippen molar-refractivity contribution in [3.63, 3.8) is 0 Å². The van der Waals surface area contributed by atoms with E-state index in [0.717, 1.165) is 17.1 Å². The van der Waals surface area contributed by atoms with Gasteiger partial charge in [0, 0.05) is 11.4 Å². The van der Waals surface area contributed by atoms with Gasteiger partial charge in [0.1, 0.15) is 4.91 Å². The molecule has 160 valence electrons. The topological polar surface area (TPSA) is 71.4 Å². The average molecular weight is 456 g/mol. The van der Waals surface area contributed by atoms with Crippen LogP contribution in [0.3, 0.4) is 0 Å². The van der Waals surface area contributed by atoms with Crippen LogP contribution in [0, 0.1) is 0 Å². The summed E-state index contributed by atoms with van der Waals surface area (Å²) in [6, 6.07) is 19.2. The first-order chi connectivity index (χ1) is 15.0. The summed E-state index contributed by atoms with van der Waals surface area (Å²) in [6.45, 7) is 3.92. The molecule has 2 aliphatic heterocycles. The number of benzene rings is 2. The minimum atomic E-state index is -0.974. The molecule has 2 heterocycles. The molecule has 0 saturated carbocycles. The zero-order valence-corrected chi connectivity index (χ0v) is 18.9. The van der Waals surface area contributed by atoms with Gasteiger partial charge in [0.05, 0.1) is 19.4 Å². The van der Waals surface area contributed by atoms with Gasteiger partial charge in [-0.2, -0.15) is 5.10 Å². The Morgan fingerprint density at radius 1 is 0.968 bits per heavy atom. The number of thioether (sulfide) groups is 2. The Morgan fingerprint density at radius 2 is 1.58 bits per heavy atom. The molecule has 4 rings (SSSR count).